The van der Waals surface area contributed by atoms with E-state index < -0.39 is 6.03 Å². The molecule has 2 aromatic rings. The second-order valence-electron chi connectivity index (χ2n) is 4.90. The lowest BCUT2D eigenvalue weighted by Gasteiger charge is -2.15. The average molecular weight is 364 g/mol. The van der Waals surface area contributed by atoms with Crippen molar-refractivity contribution in [1.82, 2.24) is 5.43 Å². The Morgan fingerprint density at radius 1 is 1.23 bits per heavy atom. The lowest BCUT2D eigenvalue weighted by Crippen LogP contribution is -2.34. The summed E-state index contributed by atoms with van der Waals surface area (Å²) in [6.07, 6.45) is 0. The van der Waals surface area contributed by atoms with Crippen LogP contribution < -0.4 is 21.3 Å². The number of amides is 2. The minimum absolute atomic E-state index is 0.356. The zero-order valence-corrected chi connectivity index (χ0v) is 14.0. The fraction of sp³-hybridized carbons (Fsp3) is 0.188. The highest BCUT2D eigenvalue weighted by molar-refractivity contribution is 9.10. The first-order chi connectivity index (χ1) is 10.5. The number of halogens is 1. The van der Waals surface area contributed by atoms with Gasteiger partial charge in [-0.1, -0.05) is 28.1 Å². The molecule has 0 heterocycles. The number of anilines is 1. The summed E-state index contributed by atoms with van der Waals surface area (Å²) < 4.78 is 6.90. The minimum Gasteiger partial charge on any atom is -0.489 e. The molecule has 2 rings (SSSR count). The molecule has 0 radical (unpaired) electrons. The van der Waals surface area contributed by atoms with E-state index in [1.54, 1.807) is 0 Å². The number of nitrogens with one attached hydrogen (secondary N) is 2. The standard InChI is InChI=1S/C16H18BrN3O2/c1-10-4-3-5-14(19-16(21)20-18)13(10)9-22-15-7-6-12(17)8-11(15)2/h3-8H,9,18H2,1-2H3,(H2,19,20,21). The Hall–Kier alpha value is -2.05. The lowest BCUT2D eigenvalue weighted by atomic mass is 10.1. The van der Waals surface area contributed by atoms with Crippen LogP contribution in [-0.2, 0) is 6.61 Å². The number of urea groups is 1. The summed E-state index contributed by atoms with van der Waals surface area (Å²) >= 11 is 3.43. The molecular formula is C16H18BrN3O2. The van der Waals surface area contributed by atoms with Crippen molar-refractivity contribution in [2.75, 3.05) is 5.32 Å². The van der Waals surface area contributed by atoms with E-state index in [-0.39, 0.29) is 0 Å². The molecule has 6 heteroatoms. The number of hydrogen-bond acceptors (Lipinski definition) is 3. The molecule has 0 unspecified atom stereocenters. The van der Waals surface area contributed by atoms with Gasteiger partial charge in [0.05, 0.1) is 0 Å². The maximum atomic E-state index is 11.4. The molecule has 0 aliphatic rings. The third-order valence-corrected chi connectivity index (χ3v) is 3.79. The van der Waals surface area contributed by atoms with Gasteiger partial charge in [-0.3, -0.25) is 5.43 Å². The molecule has 22 heavy (non-hydrogen) atoms. The van der Waals surface area contributed by atoms with Crippen LogP contribution in [0, 0.1) is 13.8 Å². The topological polar surface area (TPSA) is 76.4 Å². The smallest absolute Gasteiger partial charge is 0.333 e. The number of hydrazine groups is 1. The van der Waals surface area contributed by atoms with E-state index >= 15 is 0 Å². The second kappa shape index (κ2) is 7.29. The summed E-state index contributed by atoms with van der Waals surface area (Å²) in [5, 5.41) is 2.70. The minimum atomic E-state index is -0.466. The number of benzene rings is 2. The number of aryl methyl sites for hydroxylation is 2. The third kappa shape index (κ3) is 3.99. The maximum absolute atomic E-state index is 11.4. The van der Waals surface area contributed by atoms with Gasteiger partial charge in [-0.15, -0.1) is 0 Å². The molecule has 116 valence electrons. The van der Waals surface area contributed by atoms with Gasteiger partial charge in [-0.2, -0.15) is 0 Å². The van der Waals surface area contributed by atoms with Crippen LogP contribution >= 0.6 is 15.9 Å². The molecule has 0 aliphatic heterocycles. The summed E-state index contributed by atoms with van der Waals surface area (Å²) in [5.74, 6) is 5.92. The SMILES string of the molecule is Cc1cc(Br)ccc1OCc1c(C)cccc1NC(=O)NN. The van der Waals surface area contributed by atoms with Gasteiger partial charge in [0.2, 0.25) is 0 Å². The summed E-state index contributed by atoms with van der Waals surface area (Å²) in [6.45, 7) is 4.31. The molecule has 2 aromatic carbocycles. The second-order valence-corrected chi connectivity index (χ2v) is 5.81. The molecule has 0 spiro atoms. The van der Waals surface area contributed by atoms with Crippen LogP contribution in [-0.4, -0.2) is 6.03 Å². The Morgan fingerprint density at radius 2 is 2.00 bits per heavy atom. The van der Waals surface area contributed by atoms with Gasteiger partial charge in [0.1, 0.15) is 12.4 Å². The number of ether oxygens (including phenoxy) is 1. The molecule has 0 aliphatic carbocycles. The van der Waals surface area contributed by atoms with Gasteiger partial charge in [-0.25, -0.2) is 10.6 Å². The average Bonchev–Trinajstić information content (AvgIpc) is 2.48. The summed E-state index contributed by atoms with van der Waals surface area (Å²) in [4.78, 5) is 11.4. The van der Waals surface area contributed by atoms with E-state index in [1.165, 1.54) is 0 Å². The number of nitrogens with two attached hydrogens (primary N) is 1. The van der Waals surface area contributed by atoms with Gasteiger partial charge in [0, 0.05) is 15.7 Å². The van der Waals surface area contributed by atoms with Crippen LogP contribution in [0.3, 0.4) is 0 Å². The van der Waals surface area contributed by atoms with Crippen molar-refractivity contribution in [2.24, 2.45) is 5.84 Å². The molecule has 0 fully saturated rings. The fourth-order valence-electron chi connectivity index (χ4n) is 2.09. The number of carbonyl (C=O) groups excluding carboxylic acids is 1. The van der Waals surface area contributed by atoms with Crippen molar-refractivity contribution in [3.63, 3.8) is 0 Å². The first-order valence-corrected chi connectivity index (χ1v) is 7.55. The molecule has 0 saturated heterocycles. The summed E-state index contributed by atoms with van der Waals surface area (Å²) in [7, 11) is 0. The van der Waals surface area contributed by atoms with Crippen LogP contribution in [0.4, 0.5) is 10.5 Å². The Bertz CT molecular complexity index is 689. The molecule has 0 atom stereocenters. The van der Waals surface area contributed by atoms with Crippen LogP contribution in [0.2, 0.25) is 0 Å². The van der Waals surface area contributed by atoms with Crippen molar-refractivity contribution < 1.29 is 9.53 Å². The number of carbonyl (C=O) groups is 1. The van der Waals surface area contributed by atoms with Crippen molar-refractivity contribution in [1.29, 1.82) is 0 Å². The Labute approximate surface area is 138 Å². The molecule has 5 nitrogen and oxygen atoms in total. The maximum Gasteiger partial charge on any atom is 0.333 e. The van der Waals surface area contributed by atoms with E-state index in [1.807, 2.05) is 50.2 Å². The first kappa shape index (κ1) is 16.3. The Kier molecular flexibility index (Phi) is 5.41. The highest BCUT2D eigenvalue weighted by Gasteiger charge is 2.10. The van der Waals surface area contributed by atoms with Gasteiger partial charge < -0.3 is 10.1 Å². The summed E-state index contributed by atoms with van der Waals surface area (Å²) in [6, 6.07) is 11.0. The van der Waals surface area contributed by atoms with Gasteiger partial charge in [-0.05, 0) is 49.2 Å². The molecule has 0 saturated carbocycles. The van der Waals surface area contributed by atoms with E-state index in [4.69, 9.17) is 10.6 Å². The molecule has 4 N–H and O–H groups in total. The zero-order valence-electron chi connectivity index (χ0n) is 12.4. The molecule has 0 bridgehead atoms. The number of rotatable bonds is 4. The largest absolute Gasteiger partial charge is 0.489 e. The van der Waals surface area contributed by atoms with Crippen molar-refractivity contribution in [2.45, 2.75) is 20.5 Å². The van der Waals surface area contributed by atoms with Crippen LogP contribution in [0.1, 0.15) is 16.7 Å². The van der Waals surface area contributed by atoms with Gasteiger partial charge in [0.25, 0.3) is 0 Å². The number of hydrogen-bond donors (Lipinski definition) is 3. The van der Waals surface area contributed by atoms with E-state index in [9.17, 15) is 4.79 Å². The summed E-state index contributed by atoms with van der Waals surface area (Å²) in [5.41, 5.74) is 5.71. The lowest BCUT2D eigenvalue weighted by molar-refractivity contribution is 0.252. The van der Waals surface area contributed by atoms with E-state index in [0.717, 1.165) is 26.9 Å². The Balaban J connectivity index is 2.19. The van der Waals surface area contributed by atoms with Crippen LogP contribution in [0.5, 0.6) is 5.75 Å². The van der Waals surface area contributed by atoms with Crippen molar-refractivity contribution in [3.05, 3.63) is 57.6 Å². The predicted octanol–water partition coefficient (Wildman–Crippen LogP) is 3.64. The molecule has 0 aromatic heterocycles. The third-order valence-electron chi connectivity index (χ3n) is 3.30. The fourth-order valence-corrected chi connectivity index (χ4v) is 2.57. The normalized spacial score (nSPS) is 10.2. The van der Waals surface area contributed by atoms with E-state index in [0.29, 0.717) is 12.3 Å². The van der Waals surface area contributed by atoms with Gasteiger partial charge >= 0.3 is 6.03 Å². The van der Waals surface area contributed by atoms with Crippen LogP contribution in [0.25, 0.3) is 0 Å². The molecule has 2 amide bonds. The zero-order chi connectivity index (χ0) is 16.1. The van der Waals surface area contributed by atoms with Gasteiger partial charge in [0.15, 0.2) is 0 Å². The Morgan fingerprint density at radius 3 is 2.68 bits per heavy atom. The van der Waals surface area contributed by atoms with Crippen molar-refractivity contribution in [3.8, 4) is 5.75 Å². The molecular weight excluding hydrogens is 346 g/mol. The van der Waals surface area contributed by atoms with E-state index in [2.05, 4.69) is 26.7 Å². The quantitative estimate of drug-likeness (QED) is 0.440. The van der Waals surface area contributed by atoms with Crippen molar-refractivity contribution >= 4 is 27.6 Å². The highest BCUT2D eigenvalue weighted by Crippen LogP contribution is 2.26. The first-order valence-electron chi connectivity index (χ1n) is 6.76. The predicted molar refractivity (Wildman–Crippen MR) is 90.7 cm³/mol. The van der Waals surface area contributed by atoms with Crippen LogP contribution in [0.15, 0.2) is 40.9 Å². The highest BCUT2D eigenvalue weighted by atomic mass is 79.9. The monoisotopic (exact) mass is 363 g/mol.